The molecule has 0 radical (unpaired) electrons. The van der Waals surface area contributed by atoms with Gasteiger partial charge in [-0.05, 0) is 18.6 Å². The molecule has 0 aliphatic heterocycles. The van der Waals surface area contributed by atoms with Gasteiger partial charge in [0, 0.05) is 56.9 Å². The van der Waals surface area contributed by atoms with E-state index in [0.29, 0.717) is 0 Å². The van der Waals surface area contributed by atoms with Gasteiger partial charge in [-0.1, -0.05) is 25.1 Å². The van der Waals surface area contributed by atoms with E-state index in [1.165, 1.54) is 15.6 Å². The fraction of sp³-hybridized carbons (Fsp3) is 0.444. The topological polar surface area (TPSA) is 52.6 Å². The lowest BCUT2D eigenvalue weighted by molar-refractivity contribution is 0.769. The molecule has 24 heavy (non-hydrogen) atoms. The summed E-state index contributed by atoms with van der Waals surface area (Å²) in [6.07, 6.45) is 3.96. The third-order valence-corrected chi connectivity index (χ3v) is 4.94. The predicted octanol–water partition coefficient (Wildman–Crippen LogP) is 2.55. The number of aromatic nitrogens is 1. The minimum absolute atomic E-state index is 0.836. The third kappa shape index (κ3) is 5.85. The smallest absolute Gasteiger partial charge is 0.191 e. The van der Waals surface area contributed by atoms with Crippen LogP contribution in [-0.2, 0) is 12.8 Å². The van der Waals surface area contributed by atoms with Gasteiger partial charge in [0.1, 0.15) is 0 Å². The highest BCUT2D eigenvalue weighted by Crippen LogP contribution is 2.13. The van der Waals surface area contributed by atoms with Crippen molar-refractivity contribution in [3.63, 3.8) is 0 Å². The van der Waals surface area contributed by atoms with Crippen molar-refractivity contribution in [2.24, 2.45) is 4.99 Å². The number of para-hydroxylation sites is 1. The average molecular weight is 346 g/mol. The molecule has 2 N–H and O–H groups in total. The predicted molar refractivity (Wildman–Crippen MR) is 104 cm³/mol. The number of benzene rings is 1. The summed E-state index contributed by atoms with van der Waals surface area (Å²) in [4.78, 5) is 12.3. The van der Waals surface area contributed by atoms with E-state index in [-0.39, 0.29) is 0 Å². The van der Waals surface area contributed by atoms with E-state index in [0.717, 1.165) is 38.4 Å². The summed E-state index contributed by atoms with van der Waals surface area (Å²) in [7, 11) is 3.90. The number of nitrogens with zero attached hydrogens (tertiary/aromatic N) is 3. The zero-order chi connectivity index (χ0) is 17.2. The zero-order valence-electron chi connectivity index (χ0n) is 14.7. The minimum atomic E-state index is 0.836. The quantitative estimate of drug-likeness (QED) is 0.570. The maximum atomic E-state index is 4.44. The lowest BCUT2D eigenvalue weighted by Gasteiger charge is -2.20. The van der Waals surface area contributed by atoms with Crippen LogP contribution in [0.4, 0.5) is 5.69 Å². The van der Waals surface area contributed by atoms with Crippen molar-refractivity contribution in [2.45, 2.75) is 19.8 Å². The summed E-state index contributed by atoms with van der Waals surface area (Å²) in [5.74, 6) is 0.837. The highest BCUT2D eigenvalue weighted by molar-refractivity contribution is 7.11. The molecule has 0 amide bonds. The normalized spacial score (nSPS) is 11.4. The van der Waals surface area contributed by atoms with Crippen molar-refractivity contribution in [3.05, 3.63) is 46.4 Å². The molecule has 2 rings (SSSR count). The molecule has 1 heterocycles. The molecule has 0 aliphatic rings. The Morgan fingerprint density at radius 3 is 2.62 bits per heavy atom. The molecule has 0 saturated heterocycles. The van der Waals surface area contributed by atoms with Gasteiger partial charge < -0.3 is 15.5 Å². The summed E-state index contributed by atoms with van der Waals surface area (Å²) in [5.41, 5.74) is 1.22. The molecule has 0 unspecified atom stereocenters. The molecule has 5 nitrogen and oxygen atoms in total. The van der Waals surface area contributed by atoms with Gasteiger partial charge in [0.25, 0.3) is 0 Å². The van der Waals surface area contributed by atoms with Gasteiger partial charge >= 0.3 is 0 Å². The van der Waals surface area contributed by atoms with Crippen LogP contribution in [0.1, 0.15) is 16.8 Å². The van der Waals surface area contributed by atoms with E-state index in [4.69, 9.17) is 0 Å². The Balaban J connectivity index is 1.67. The van der Waals surface area contributed by atoms with Crippen molar-refractivity contribution in [3.8, 4) is 0 Å². The molecule has 6 heteroatoms. The Labute approximate surface area is 148 Å². The molecule has 1 aromatic heterocycles. The Bertz CT molecular complexity index is 623. The number of anilines is 1. The van der Waals surface area contributed by atoms with Gasteiger partial charge in [0.05, 0.1) is 5.01 Å². The van der Waals surface area contributed by atoms with E-state index in [1.54, 1.807) is 18.4 Å². The van der Waals surface area contributed by atoms with Gasteiger partial charge in [-0.25, -0.2) is 4.98 Å². The highest BCUT2D eigenvalue weighted by Gasteiger charge is 2.03. The molecule has 130 valence electrons. The Morgan fingerprint density at radius 2 is 1.96 bits per heavy atom. The first-order chi connectivity index (χ1) is 11.7. The second-order valence-corrected chi connectivity index (χ2v) is 6.71. The molecule has 0 fully saturated rings. The number of aryl methyl sites for hydroxylation is 1. The van der Waals surface area contributed by atoms with Crippen LogP contribution in [0, 0.1) is 0 Å². The number of hydrogen-bond acceptors (Lipinski definition) is 4. The first-order valence-corrected chi connectivity index (χ1v) is 9.19. The SMILES string of the molecule is CCc1cnc(CCNC(=NC)NCCN(C)c2ccccc2)s1. The second-order valence-electron chi connectivity index (χ2n) is 5.51. The highest BCUT2D eigenvalue weighted by atomic mass is 32.1. The molecule has 2 aromatic rings. The maximum absolute atomic E-state index is 4.44. The average Bonchev–Trinajstić information content (AvgIpc) is 3.09. The lowest BCUT2D eigenvalue weighted by Crippen LogP contribution is -2.41. The first-order valence-electron chi connectivity index (χ1n) is 8.37. The summed E-state index contributed by atoms with van der Waals surface area (Å²) in [6.45, 7) is 4.75. The van der Waals surface area contributed by atoms with Crippen LogP contribution in [0.25, 0.3) is 0 Å². The van der Waals surface area contributed by atoms with Crippen molar-refractivity contribution >= 4 is 23.0 Å². The largest absolute Gasteiger partial charge is 0.373 e. The van der Waals surface area contributed by atoms with E-state index in [9.17, 15) is 0 Å². The van der Waals surface area contributed by atoms with Crippen LogP contribution in [0.2, 0.25) is 0 Å². The van der Waals surface area contributed by atoms with E-state index in [2.05, 4.69) is 63.7 Å². The number of aliphatic imine (C=N–C) groups is 1. The maximum Gasteiger partial charge on any atom is 0.191 e. The standard InChI is InChI=1S/C18H27N5S/c1-4-16-14-22-17(24-16)10-11-20-18(19-2)21-12-13-23(3)15-8-6-5-7-9-15/h5-9,14H,4,10-13H2,1-3H3,(H2,19,20,21). The van der Waals surface area contributed by atoms with Gasteiger partial charge in [0.2, 0.25) is 0 Å². The summed E-state index contributed by atoms with van der Waals surface area (Å²) < 4.78 is 0. The summed E-state index contributed by atoms with van der Waals surface area (Å²) >= 11 is 1.79. The van der Waals surface area contributed by atoms with Gasteiger partial charge in [-0.3, -0.25) is 4.99 Å². The van der Waals surface area contributed by atoms with E-state index in [1.807, 2.05) is 12.3 Å². The van der Waals surface area contributed by atoms with Crippen LogP contribution in [0.5, 0.6) is 0 Å². The molecule has 0 aliphatic carbocycles. The number of thiazole rings is 1. The summed E-state index contributed by atoms with van der Waals surface area (Å²) in [5, 5.41) is 7.88. The molecule has 0 spiro atoms. The monoisotopic (exact) mass is 345 g/mol. The number of likely N-dealkylation sites (N-methyl/N-ethyl adjacent to an activating group) is 1. The lowest BCUT2D eigenvalue weighted by atomic mass is 10.3. The first kappa shape index (κ1) is 18.3. The zero-order valence-corrected chi connectivity index (χ0v) is 15.6. The van der Waals surface area contributed by atoms with Crippen LogP contribution in [-0.4, -0.2) is 44.7 Å². The third-order valence-electron chi connectivity index (χ3n) is 3.74. The van der Waals surface area contributed by atoms with Crippen LogP contribution in [0.15, 0.2) is 41.5 Å². The van der Waals surface area contributed by atoms with Crippen LogP contribution < -0.4 is 15.5 Å². The summed E-state index contributed by atoms with van der Waals surface area (Å²) in [6, 6.07) is 10.4. The van der Waals surface area contributed by atoms with Crippen LogP contribution in [0.3, 0.4) is 0 Å². The molecule has 0 saturated carbocycles. The molecule has 0 bridgehead atoms. The molecular formula is C18H27N5S. The minimum Gasteiger partial charge on any atom is -0.373 e. The Hall–Kier alpha value is -2.08. The second kappa shape index (κ2) is 9.93. The Kier molecular flexibility index (Phi) is 7.55. The van der Waals surface area contributed by atoms with Gasteiger partial charge in [-0.2, -0.15) is 0 Å². The van der Waals surface area contributed by atoms with E-state index >= 15 is 0 Å². The van der Waals surface area contributed by atoms with Gasteiger partial charge in [0.15, 0.2) is 5.96 Å². The Morgan fingerprint density at radius 1 is 1.21 bits per heavy atom. The molecular weight excluding hydrogens is 318 g/mol. The molecule has 1 aromatic carbocycles. The number of guanidine groups is 1. The molecule has 0 atom stereocenters. The number of nitrogens with one attached hydrogen (secondary N) is 2. The number of hydrogen-bond donors (Lipinski definition) is 2. The van der Waals surface area contributed by atoms with Gasteiger partial charge in [-0.15, -0.1) is 11.3 Å². The van der Waals surface area contributed by atoms with Crippen molar-refractivity contribution in [1.29, 1.82) is 0 Å². The van der Waals surface area contributed by atoms with E-state index < -0.39 is 0 Å². The fourth-order valence-corrected chi connectivity index (χ4v) is 3.15. The van der Waals surface area contributed by atoms with Crippen molar-refractivity contribution in [2.75, 3.05) is 38.6 Å². The van der Waals surface area contributed by atoms with Crippen molar-refractivity contribution in [1.82, 2.24) is 15.6 Å². The van der Waals surface area contributed by atoms with Crippen LogP contribution >= 0.6 is 11.3 Å². The fourth-order valence-electron chi connectivity index (χ4n) is 2.29. The number of rotatable bonds is 8. The van der Waals surface area contributed by atoms with Crippen molar-refractivity contribution < 1.29 is 0 Å².